The third-order valence-electron chi connectivity index (χ3n) is 3.45. The maximum atomic E-state index is 9.27. The zero-order valence-electron chi connectivity index (χ0n) is 12.2. The Morgan fingerprint density at radius 1 is 1.10 bits per heavy atom. The van der Waals surface area contributed by atoms with Gasteiger partial charge in [-0.15, -0.1) is 0 Å². The quantitative estimate of drug-likeness (QED) is 0.811. The number of aryl methyl sites for hydroxylation is 1. The van der Waals surface area contributed by atoms with Gasteiger partial charge in [-0.05, 0) is 56.5 Å². The Balaban J connectivity index is 1.73. The smallest absolute Gasteiger partial charge is 0.115 e. The van der Waals surface area contributed by atoms with Gasteiger partial charge in [-0.25, -0.2) is 0 Å². The number of aromatic hydroxyl groups is 1. The summed E-state index contributed by atoms with van der Waals surface area (Å²) in [5, 5.41) is 12.9. The van der Waals surface area contributed by atoms with Gasteiger partial charge in [0.15, 0.2) is 0 Å². The third-order valence-corrected chi connectivity index (χ3v) is 3.45. The van der Waals surface area contributed by atoms with E-state index >= 15 is 0 Å². The van der Waals surface area contributed by atoms with Crippen LogP contribution in [-0.2, 0) is 12.8 Å². The molecule has 0 radical (unpaired) electrons. The normalized spacial score (nSPS) is 14.1. The van der Waals surface area contributed by atoms with E-state index in [9.17, 15) is 5.11 Å². The summed E-state index contributed by atoms with van der Waals surface area (Å²) in [6.07, 6.45) is 4.72. The number of phenols is 1. The molecule has 1 heterocycles. The predicted molar refractivity (Wildman–Crippen MR) is 80.9 cm³/mol. The summed E-state index contributed by atoms with van der Waals surface area (Å²) < 4.78 is 5.34. The number of hydrogen-bond acceptors (Lipinski definition) is 3. The lowest BCUT2D eigenvalue weighted by atomic mass is 10.0. The molecule has 0 aliphatic heterocycles. The highest BCUT2D eigenvalue weighted by Crippen LogP contribution is 2.12. The van der Waals surface area contributed by atoms with E-state index in [1.165, 1.54) is 5.56 Å². The van der Waals surface area contributed by atoms with Crippen LogP contribution in [0.3, 0.4) is 0 Å². The second-order valence-electron chi connectivity index (χ2n) is 5.46. The number of nitrogens with one attached hydrogen (secondary N) is 1. The van der Waals surface area contributed by atoms with Gasteiger partial charge >= 0.3 is 0 Å². The molecular weight excluding hydrogens is 250 g/mol. The van der Waals surface area contributed by atoms with Crippen LogP contribution in [0.15, 0.2) is 47.1 Å². The number of rotatable bonds is 7. The van der Waals surface area contributed by atoms with Crippen molar-refractivity contribution >= 4 is 0 Å². The lowest BCUT2D eigenvalue weighted by molar-refractivity contribution is 0.423. The van der Waals surface area contributed by atoms with Crippen molar-refractivity contribution in [2.45, 2.75) is 45.2 Å². The minimum Gasteiger partial charge on any atom is -0.508 e. The van der Waals surface area contributed by atoms with E-state index in [0.717, 1.165) is 25.0 Å². The van der Waals surface area contributed by atoms with E-state index in [0.29, 0.717) is 17.8 Å². The highest BCUT2D eigenvalue weighted by Gasteiger charge is 2.09. The Hall–Kier alpha value is -1.74. The minimum atomic E-state index is 0.321. The Morgan fingerprint density at radius 3 is 2.50 bits per heavy atom. The van der Waals surface area contributed by atoms with Crippen molar-refractivity contribution < 1.29 is 9.52 Å². The largest absolute Gasteiger partial charge is 0.508 e. The molecule has 2 atom stereocenters. The summed E-state index contributed by atoms with van der Waals surface area (Å²) >= 11 is 0. The van der Waals surface area contributed by atoms with Gasteiger partial charge in [0.05, 0.1) is 6.26 Å². The van der Waals surface area contributed by atoms with Crippen molar-refractivity contribution in [1.82, 2.24) is 5.32 Å². The molecule has 3 nitrogen and oxygen atoms in total. The number of benzene rings is 1. The average Bonchev–Trinajstić information content (AvgIpc) is 2.92. The van der Waals surface area contributed by atoms with Crippen molar-refractivity contribution in [3.63, 3.8) is 0 Å². The van der Waals surface area contributed by atoms with Crippen LogP contribution in [0.2, 0.25) is 0 Å². The molecule has 0 amide bonds. The number of hydrogen-bond donors (Lipinski definition) is 2. The van der Waals surface area contributed by atoms with E-state index < -0.39 is 0 Å². The van der Waals surface area contributed by atoms with Crippen LogP contribution in [0.4, 0.5) is 0 Å². The Morgan fingerprint density at radius 2 is 1.85 bits per heavy atom. The first kappa shape index (κ1) is 14.7. The molecule has 0 spiro atoms. The van der Waals surface area contributed by atoms with E-state index in [1.54, 1.807) is 18.4 Å². The molecule has 20 heavy (non-hydrogen) atoms. The van der Waals surface area contributed by atoms with E-state index in [1.807, 2.05) is 24.3 Å². The molecule has 2 unspecified atom stereocenters. The molecule has 108 valence electrons. The number of phenolic OH excluding ortho intramolecular Hbond substituents is 1. The molecule has 0 aliphatic rings. The summed E-state index contributed by atoms with van der Waals surface area (Å²) in [5.41, 5.74) is 1.24. The molecule has 0 saturated carbocycles. The fourth-order valence-electron chi connectivity index (χ4n) is 2.43. The topological polar surface area (TPSA) is 45.4 Å². The first-order valence-electron chi connectivity index (χ1n) is 7.20. The van der Waals surface area contributed by atoms with Gasteiger partial charge in [0, 0.05) is 18.5 Å². The van der Waals surface area contributed by atoms with Gasteiger partial charge in [-0.1, -0.05) is 12.1 Å². The molecule has 3 heteroatoms. The predicted octanol–water partition coefficient (Wildman–Crippen LogP) is 3.53. The molecular formula is C17H23NO2. The SMILES string of the molecule is CC(CCc1ccco1)NC(C)Cc1ccc(O)cc1. The maximum absolute atomic E-state index is 9.27. The van der Waals surface area contributed by atoms with Crippen molar-refractivity contribution in [2.24, 2.45) is 0 Å². The fraction of sp³-hybridized carbons (Fsp3) is 0.412. The Labute approximate surface area is 120 Å². The van der Waals surface area contributed by atoms with Crippen LogP contribution in [0, 0.1) is 0 Å². The minimum absolute atomic E-state index is 0.321. The van der Waals surface area contributed by atoms with Crippen molar-refractivity contribution in [1.29, 1.82) is 0 Å². The van der Waals surface area contributed by atoms with Crippen LogP contribution in [0.1, 0.15) is 31.6 Å². The van der Waals surface area contributed by atoms with Crippen LogP contribution in [0.5, 0.6) is 5.75 Å². The summed E-state index contributed by atoms with van der Waals surface area (Å²) in [6.45, 7) is 4.40. The van der Waals surface area contributed by atoms with Gasteiger partial charge in [-0.2, -0.15) is 0 Å². The van der Waals surface area contributed by atoms with Crippen LogP contribution < -0.4 is 5.32 Å². The summed E-state index contributed by atoms with van der Waals surface area (Å²) in [6, 6.07) is 12.2. The van der Waals surface area contributed by atoms with Gasteiger partial charge < -0.3 is 14.8 Å². The van der Waals surface area contributed by atoms with Crippen LogP contribution >= 0.6 is 0 Å². The lowest BCUT2D eigenvalue weighted by Crippen LogP contribution is -2.36. The average molecular weight is 273 g/mol. The molecule has 1 aromatic carbocycles. The second kappa shape index (κ2) is 7.15. The van der Waals surface area contributed by atoms with Crippen LogP contribution in [-0.4, -0.2) is 17.2 Å². The molecule has 0 fully saturated rings. The van der Waals surface area contributed by atoms with Crippen molar-refractivity contribution in [3.8, 4) is 5.75 Å². The zero-order valence-corrected chi connectivity index (χ0v) is 12.2. The molecule has 1 aromatic heterocycles. The third kappa shape index (κ3) is 4.74. The van der Waals surface area contributed by atoms with Crippen molar-refractivity contribution in [2.75, 3.05) is 0 Å². The van der Waals surface area contributed by atoms with Crippen molar-refractivity contribution in [3.05, 3.63) is 54.0 Å². The molecule has 2 aromatic rings. The Kier molecular flexibility index (Phi) is 5.24. The van der Waals surface area contributed by atoms with Gasteiger partial charge in [-0.3, -0.25) is 0 Å². The van der Waals surface area contributed by atoms with E-state index in [2.05, 4.69) is 19.2 Å². The Bertz CT molecular complexity index is 490. The highest BCUT2D eigenvalue weighted by atomic mass is 16.3. The fourth-order valence-corrected chi connectivity index (χ4v) is 2.43. The zero-order chi connectivity index (χ0) is 14.4. The molecule has 2 rings (SSSR count). The highest BCUT2D eigenvalue weighted by molar-refractivity contribution is 5.26. The second-order valence-corrected chi connectivity index (χ2v) is 5.46. The van der Waals surface area contributed by atoms with E-state index in [-0.39, 0.29) is 0 Å². The summed E-state index contributed by atoms with van der Waals surface area (Å²) in [4.78, 5) is 0. The molecule has 0 aliphatic carbocycles. The summed E-state index contributed by atoms with van der Waals surface area (Å²) in [5.74, 6) is 1.37. The standard InChI is InChI=1S/C17H23NO2/c1-13(5-10-17-4-3-11-20-17)18-14(2)12-15-6-8-16(19)9-7-15/h3-4,6-9,11,13-14,18-19H,5,10,12H2,1-2H3. The molecule has 2 N–H and O–H groups in total. The summed E-state index contributed by atoms with van der Waals surface area (Å²) in [7, 11) is 0. The van der Waals surface area contributed by atoms with E-state index in [4.69, 9.17) is 4.42 Å². The lowest BCUT2D eigenvalue weighted by Gasteiger charge is -2.20. The number of furan rings is 1. The molecule has 0 saturated heterocycles. The van der Waals surface area contributed by atoms with Gasteiger partial charge in [0.25, 0.3) is 0 Å². The van der Waals surface area contributed by atoms with Gasteiger partial charge in [0.1, 0.15) is 11.5 Å². The first-order chi connectivity index (χ1) is 9.63. The monoisotopic (exact) mass is 273 g/mol. The molecule has 0 bridgehead atoms. The van der Waals surface area contributed by atoms with Gasteiger partial charge in [0.2, 0.25) is 0 Å². The maximum Gasteiger partial charge on any atom is 0.115 e. The van der Waals surface area contributed by atoms with Crippen LogP contribution in [0.25, 0.3) is 0 Å². The first-order valence-corrected chi connectivity index (χ1v) is 7.20.